The summed E-state index contributed by atoms with van der Waals surface area (Å²) in [6.45, 7) is 5.32. The van der Waals surface area contributed by atoms with E-state index >= 15 is 0 Å². The topological polar surface area (TPSA) is 58.4 Å². The van der Waals surface area contributed by atoms with E-state index in [-0.39, 0.29) is 5.91 Å². The molecule has 1 amide bonds. The van der Waals surface area contributed by atoms with Crippen LogP contribution in [0.4, 0.5) is 5.69 Å². The summed E-state index contributed by atoms with van der Waals surface area (Å²) < 4.78 is 0. The van der Waals surface area contributed by atoms with Gasteiger partial charge in [-0.25, -0.2) is 0 Å². The molecule has 1 aliphatic carbocycles. The van der Waals surface area contributed by atoms with Crippen LogP contribution in [0.1, 0.15) is 41.6 Å². The Morgan fingerprint density at radius 3 is 2.81 bits per heavy atom. The van der Waals surface area contributed by atoms with Gasteiger partial charge in [-0.1, -0.05) is 6.07 Å². The third-order valence-corrected chi connectivity index (χ3v) is 4.57. The highest BCUT2D eigenvalue weighted by atomic mass is 16.1. The van der Waals surface area contributed by atoms with Crippen LogP contribution in [0.2, 0.25) is 0 Å². The van der Waals surface area contributed by atoms with Crippen molar-refractivity contribution in [2.45, 2.75) is 38.6 Å². The number of piperidine rings is 1. The van der Waals surface area contributed by atoms with E-state index in [1.165, 1.54) is 31.2 Å². The van der Waals surface area contributed by atoms with Crippen molar-refractivity contribution < 1.29 is 4.79 Å². The van der Waals surface area contributed by atoms with Crippen LogP contribution in [0.25, 0.3) is 0 Å². The minimum absolute atomic E-state index is 0.322. The molecule has 114 valence electrons. The minimum atomic E-state index is -0.322. The van der Waals surface area contributed by atoms with Gasteiger partial charge in [-0.2, -0.15) is 0 Å². The Balaban J connectivity index is 1.86. The van der Waals surface area contributed by atoms with Crippen molar-refractivity contribution in [1.82, 2.24) is 5.32 Å². The molecule has 1 aliphatic heterocycles. The van der Waals surface area contributed by atoms with Crippen molar-refractivity contribution >= 4 is 11.6 Å². The van der Waals surface area contributed by atoms with E-state index in [0.717, 1.165) is 25.3 Å². The van der Waals surface area contributed by atoms with Gasteiger partial charge in [0.25, 0.3) is 5.91 Å². The minimum Gasteiger partial charge on any atom is -0.368 e. The predicted octanol–water partition coefficient (Wildman–Crippen LogP) is 2.06. The maximum atomic E-state index is 11.8. The SMILES string of the molecule is Cc1ccc(C(N)=O)c(N(CC2CCCNC2)C2CC2)c1. The summed E-state index contributed by atoms with van der Waals surface area (Å²) in [5, 5.41) is 3.48. The molecule has 3 N–H and O–H groups in total. The normalized spacial score (nSPS) is 22.0. The largest absolute Gasteiger partial charge is 0.368 e. The maximum Gasteiger partial charge on any atom is 0.250 e. The smallest absolute Gasteiger partial charge is 0.250 e. The van der Waals surface area contributed by atoms with Crippen LogP contribution >= 0.6 is 0 Å². The fourth-order valence-electron chi connectivity index (χ4n) is 3.28. The molecule has 0 aromatic heterocycles. The fourth-order valence-corrected chi connectivity index (χ4v) is 3.28. The van der Waals surface area contributed by atoms with Gasteiger partial charge in [0.15, 0.2) is 0 Å². The molecule has 1 heterocycles. The van der Waals surface area contributed by atoms with Crippen LogP contribution in [0.15, 0.2) is 18.2 Å². The van der Waals surface area contributed by atoms with Crippen molar-refractivity contribution in [2.75, 3.05) is 24.5 Å². The zero-order chi connectivity index (χ0) is 14.8. The number of benzene rings is 1. The van der Waals surface area contributed by atoms with Crippen molar-refractivity contribution in [3.8, 4) is 0 Å². The molecule has 1 saturated carbocycles. The zero-order valence-corrected chi connectivity index (χ0v) is 12.8. The van der Waals surface area contributed by atoms with Crippen molar-refractivity contribution in [1.29, 1.82) is 0 Å². The number of hydrogen-bond donors (Lipinski definition) is 2. The molecule has 0 spiro atoms. The number of amides is 1. The number of anilines is 1. The quantitative estimate of drug-likeness (QED) is 0.871. The first-order valence-corrected chi connectivity index (χ1v) is 8.03. The van der Waals surface area contributed by atoms with Gasteiger partial charge in [0.1, 0.15) is 0 Å². The van der Waals surface area contributed by atoms with Crippen molar-refractivity contribution in [2.24, 2.45) is 11.7 Å². The van der Waals surface area contributed by atoms with Crippen LogP contribution in [-0.2, 0) is 0 Å². The monoisotopic (exact) mass is 287 g/mol. The van der Waals surface area contributed by atoms with Crippen LogP contribution in [0, 0.1) is 12.8 Å². The lowest BCUT2D eigenvalue weighted by Crippen LogP contribution is -2.40. The summed E-state index contributed by atoms with van der Waals surface area (Å²) in [6, 6.07) is 6.55. The molecule has 1 aromatic carbocycles. The number of nitrogens with two attached hydrogens (primary N) is 1. The summed E-state index contributed by atoms with van der Waals surface area (Å²) in [7, 11) is 0. The number of primary amides is 1. The molecule has 4 nitrogen and oxygen atoms in total. The molecule has 0 bridgehead atoms. The Morgan fingerprint density at radius 2 is 2.19 bits per heavy atom. The summed E-state index contributed by atoms with van der Waals surface area (Å²) in [5.41, 5.74) is 8.46. The fraction of sp³-hybridized carbons (Fsp3) is 0.588. The molecule has 0 radical (unpaired) electrons. The number of nitrogens with zero attached hydrogens (tertiary/aromatic N) is 1. The highest BCUT2D eigenvalue weighted by Gasteiger charge is 2.33. The highest BCUT2D eigenvalue weighted by Crippen LogP contribution is 2.35. The summed E-state index contributed by atoms with van der Waals surface area (Å²) in [5.74, 6) is 0.345. The number of nitrogens with one attached hydrogen (secondary N) is 1. The molecule has 1 unspecified atom stereocenters. The van der Waals surface area contributed by atoms with Gasteiger partial charge >= 0.3 is 0 Å². The van der Waals surface area contributed by atoms with E-state index in [1.807, 2.05) is 12.1 Å². The standard InChI is InChI=1S/C17H25N3O/c1-12-4-7-15(17(18)21)16(9-12)20(14-5-6-14)11-13-3-2-8-19-10-13/h4,7,9,13-14,19H,2-3,5-6,8,10-11H2,1H3,(H2,18,21). The molecule has 1 atom stereocenters. The summed E-state index contributed by atoms with van der Waals surface area (Å²) in [4.78, 5) is 14.2. The van der Waals surface area contributed by atoms with Crippen molar-refractivity contribution in [3.63, 3.8) is 0 Å². The molecular formula is C17H25N3O. The van der Waals surface area contributed by atoms with E-state index in [1.54, 1.807) is 0 Å². The van der Waals surface area contributed by atoms with Crippen LogP contribution in [0.5, 0.6) is 0 Å². The Labute approximate surface area is 126 Å². The van der Waals surface area contributed by atoms with E-state index in [9.17, 15) is 4.79 Å². The molecule has 21 heavy (non-hydrogen) atoms. The van der Waals surface area contributed by atoms with Crippen LogP contribution in [-0.4, -0.2) is 31.6 Å². The Bertz CT molecular complexity index is 519. The van der Waals surface area contributed by atoms with Crippen molar-refractivity contribution in [3.05, 3.63) is 29.3 Å². The molecule has 3 rings (SSSR count). The predicted molar refractivity (Wildman–Crippen MR) is 85.7 cm³/mol. The van der Waals surface area contributed by atoms with Gasteiger partial charge in [-0.05, 0) is 69.3 Å². The van der Waals surface area contributed by atoms with E-state index < -0.39 is 0 Å². The number of rotatable bonds is 5. The first-order chi connectivity index (χ1) is 10.1. The zero-order valence-electron chi connectivity index (χ0n) is 12.8. The van der Waals surface area contributed by atoms with Gasteiger partial charge < -0.3 is 16.0 Å². The Kier molecular flexibility index (Phi) is 4.15. The number of carbonyl (C=O) groups is 1. The van der Waals surface area contributed by atoms with E-state index in [2.05, 4.69) is 23.2 Å². The third-order valence-electron chi connectivity index (χ3n) is 4.57. The second kappa shape index (κ2) is 6.06. The lowest BCUT2D eigenvalue weighted by molar-refractivity contribution is 0.100. The van der Waals surface area contributed by atoms with E-state index in [0.29, 0.717) is 17.5 Å². The van der Waals surface area contributed by atoms with Gasteiger partial charge in [0, 0.05) is 12.6 Å². The Morgan fingerprint density at radius 1 is 1.38 bits per heavy atom. The Hall–Kier alpha value is -1.55. The molecule has 4 heteroatoms. The van der Waals surface area contributed by atoms with Crippen LogP contribution in [0.3, 0.4) is 0 Å². The lowest BCUT2D eigenvalue weighted by atomic mass is 9.98. The molecule has 2 fully saturated rings. The second-order valence-electron chi connectivity index (χ2n) is 6.48. The number of hydrogen-bond acceptors (Lipinski definition) is 3. The average molecular weight is 287 g/mol. The number of aryl methyl sites for hydroxylation is 1. The highest BCUT2D eigenvalue weighted by molar-refractivity contribution is 5.99. The number of carbonyl (C=O) groups excluding carboxylic acids is 1. The second-order valence-corrected chi connectivity index (χ2v) is 6.48. The maximum absolute atomic E-state index is 11.8. The van der Waals surface area contributed by atoms with Gasteiger partial charge in [0.05, 0.1) is 11.3 Å². The van der Waals surface area contributed by atoms with Gasteiger partial charge in [0.2, 0.25) is 0 Å². The molecule has 1 aromatic rings. The van der Waals surface area contributed by atoms with Gasteiger partial charge in [-0.3, -0.25) is 4.79 Å². The van der Waals surface area contributed by atoms with E-state index in [4.69, 9.17) is 5.73 Å². The first kappa shape index (κ1) is 14.4. The molecular weight excluding hydrogens is 262 g/mol. The summed E-state index contributed by atoms with van der Waals surface area (Å²) >= 11 is 0. The van der Waals surface area contributed by atoms with Gasteiger partial charge in [-0.15, -0.1) is 0 Å². The third kappa shape index (κ3) is 3.38. The first-order valence-electron chi connectivity index (χ1n) is 8.03. The molecule has 1 saturated heterocycles. The van der Waals surface area contributed by atoms with Crippen LogP contribution < -0.4 is 16.0 Å². The summed E-state index contributed by atoms with van der Waals surface area (Å²) in [6.07, 6.45) is 4.98. The average Bonchev–Trinajstić information content (AvgIpc) is 3.30. The lowest BCUT2D eigenvalue weighted by Gasteiger charge is -2.33. The molecule has 2 aliphatic rings.